The van der Waals surface area contributed by atoms with Gasteiger partial charge in [0.05, 0.1) is 16.4 Å². The van der Waals surface area contributed by atoms with Crippen LogP contribution in [0.4, 0.5) is 30.4 Å². The number of aromatic nitrogens is 1. The standard InChI is InChI=1S/C21H21F3N4O5/c1-13-6-7-15(10-17(13)28(31)32)26-18(29)12-33-20(30)14-4-3-9-27(11-14)19-16(21(22,23)24)5-2-8-25-19/h2,5-8,10,14H,3-4,9,11-12H2,1H3,(H,26,29). The Morgan fingerprint density at radius 1 is 1.33 bits per heavy atom. The van der Waals surface area contributed by atoms with E-state index in [4.69, 9.17) is 4.74 Å². The van der Waals surface area contributed by atoms with Crippen LogP contribution >= 0.6 is 0 Å². The predicted molar refractivity (Wildman–Crippen MR) is 112 cm³/mol. The van der Waals surface area contributed by atoms with Gasteiger partial charge in [-0.2, -0.15) is 13.2 Å². The van der Waals surface area contributed by atoms with E-state index in [0.717, 1.165) is 6.07 Å². The quantitative estimate of drug-likeness (QED) is 0.392. The zero-order valence-corrected chi connectivity index (χ0v) is 17.6. The second-order valence-corrected chi connectivity index (χ2v) is 7.57. The number of aryl methyl sites for hydroxylation is 1. The number of hydrogen-bond acceptors (Lipinski definition) is 7. The van der Waals surface area contributed by atoms with Crippen molar-refractivity contribution in [3.05, 3.63) is 57.8 Å². The van der Waals surface area contributed by atoms with Gasteiger partial charge in [-0.15, -0.1) is 0 Å². The highest BCUT2D eigenvalue weighted by Crippen LogP contribution is 2.36. The second-order valence-electron chi connectivity index (χ2n) is 7.57. The van der Waals surface area contributed by atoms with Gasteiger partial charge in [0, 0.05) is 36.6 Å². The minimum Gasteiger partial charge on any atom is -0.455 e. The Kier molecular flexibility index (Phi) is 7.14. The number of carbonyl (C=O) groups excluding carboxylic acids is 2. The Hall–Kier alpha value is -3.70. The fourth-order valence-electron chi connectivity index (χ4n) is 3.57. The molecule has 2 aromatic rings. The molecule has 3 rings (SSSR count). The van der Waals surface area contributed by atoms with Crippen molar-refractivity contribution in [2.24, 2.45) is 5.92 Å². The van der Waals surface area contributed by atoms with Crippen LogP contribution in [0.15, 0.2) is 36.5 Å². The van der Waals surface area contributed by atoms with Crippen molar-refractivity contribution in [2.45, 2.75) is 25.9 Å². The Bertz CT molecular complexity index is 1060. The minimum absolute atomic E-state index is 0.0231. The molecule has 12 heteroatoms. The van der Waals surface area contributed by atoms with E-state index in [1.165, 1.54) is 35.4 Å². The molecule has 1 saturated heterocycles. The number of nitrogens with one attached hydrogen (secondary N) is 1. The summed E-state index contributed by atoms with van der Waals surface area (Å²) < 4.78 is 44.9. The number of rotatable bonds is 6. The third-order valence-electron chi connectivity index (χ3n) is 5.18. The molecule has 1 amide bonds. The third kappa shape index (κ3) is 5.96. The van der Waals surface area contributed by atoms with E-state index < -0.39 is 41.1 Å². The zero-order valence-electron chi connectivity index (χ0n) is 17.6. The normalized spacial score (nSPS) is 16.2. The number of pyridine rings is 1. The molecule has 1 N–H and O–H groups in total. The van der Waals surface area contributed by atoms with Crippen LogP contribution in [0.2, 0.25) is 0 Å². The predicted octanol–water partition coefficient (Wildman–Crippen LogP) is 3.72. The molecular formula is C21H21F3N4O5. The monoisotopic (exact) mass is 466 g/mol. The highest BCUT2D eigenvalue weighted by Gasteiger charge is 2.37. The van der Waals surface area contributed by atoms with Crippen LogP contribution in [0.3, 0.4) is 0 Å². The summed E-state index contributed by atoms with van der Waals surface area (Å²) in [5.41, 5.74) is -0.453. The van der Waals surface area contributed by atoms with Crippen LogP contribution in [-0.4, -0.2) is 41.5 Å². The van der Waals surface area contributed by atoms with E-state index in [2.05, 4.69) is 10.3 Å². The summed E-state index contributed by atoms with van der Waals surface area (Å²) in [6.45, 7) is 1.21. The molecule has 1 unspecified atom stereocenters. The summed E-state index contributed by atoms with van der Waals surface area (Å²) in [6, 6.07) is 6.28. The van der Waals surface area contributed by atoms with Crippen LogP contribution in [-0.2, 0) is 20.5 Å². The van der Waals surface area contributed by atoms with Gasteiger partial charge in [0.15, 0.2) is 6.61 Å². The fourth-order valence-corrected chi connectivity index (χ4v) is 3.57. The number of nitro benzene ring substituents is 1. The average molecular weight is 466 g/mol. The van der Waals surface area contributed by atoms with Crippen molar-refractivity contribution in [1.82, 2.24) is 4.98 Å². The number of benzene rings is 1. The number of anilines is 2. The van der Waals surface area contributed by atoms with Gasteiger partial charge >= 0.3 is 12.1 Å². The molecule has 1 aliphatic rings. The van der Waals surface area contributed by atoms with Gasteiger partial charge < -0.3 is 15.0 Å². The first-order valence-corrected chi connectivity index (χ1v) is 10.0. The van der Waals surface area contributed by atoms with Gasteiger partial charge in [-0.3, -0.25) is 19.7 Å². The highest BCUT2D eigenvalue weighted by atomic mass is 19.4. The van der Waals surface area contributed by atoms with E-state index in [1.807, 2.05) is 0 Å². The topological polar surface area (TPSA) is 115 Å². The molecule has 0 radical (unpaired) electrons. The van der Waals surface area contributed by atoms with Gasteiger partial charge in [0.25, 0.3) is 11.6 Å². The van der Waals surface area contributed by atoms with Crippen molar-refractivity contribution < 1.29 is 32.4 Å². The summed E-state index contributed by atoms with van der Waals surface area (Å²) in [5, 5.41) is 13.4. The van der Waals surface area contributed by atoms with Crippen molar-refractivity contribution in [3.8, 4) is 0 Å². The molecule has 0 saturated carbocycles. The minimum atomic E-state index is -4.58. The number of esters is 1. The molecule has 0 spiro atoms. The van der Waals surface area contributed by atoms with Gasteiger partial charge in [-0.1, -0.05) is 6.07 Å². The summed E-state index contributed by atoms with van der Waals surface area (Å²) in [4.78, 5) is 40.2. The van der Waals surface area contributed by atoms with Crippen LogP contribution in [0.1, 0.15) is 24.0 Å². The molecule has 1 fully saturated rings. The number of piperidine rings is 1. The second kappa shape index (κ2) is 9.84. The van der Waals surface area contributed by atoms with Crippen molar-refractivity contribution >= 4 is 29.1 Å². The molecule has 2 heterocycles. The molecule has 0 bridgehead atoms. The Morgan fingerprint density at radius 2 is 2.09 bits per heavy atom. The van der Waals surface area contributed by atoms with Crippen LogP contribution in [0.25, 0.3) is 0 Å². The highest BCUT2D eigenvalue weighted by molar-refractivity contribution is 5.93. The molecule has 33 heavy (non-hydrogen) atoms. The number of nitrogens with zero attached hydrogens (tertiary/aromatic N) is 3. The lowest BCUT2D eigenvalue weighted by Crippen LogP contribution is -2.41. The molecular weight excluding hydrogens is 445 g/mol. The molecule has 176 valence electrons. The van der Waals surface area contributed by atoms with Gasteiger partial charge in [0.1, 0.15) is 5.82 Å². The average Bonchev–Trinajstić information content (AvgIpc) is 2.78. The van der Waals surface area contributed by atoms with Gasteiger partial charge in [-0.25, -0.2) is 4.98 Å². The van der Waals surface area contributed by atoms with Gasteiger partial charge in [0.2, 0.25) is 0 Å². The van der Waals surface area contributed by atoms with Crippen LogP contribution < -0.4 is 10.2 Å². The number of hydrogen-bond donors (Lipinski definition) is 1. The molecule has 1 aromatic heterocycles. The van der Waals surface area contributed by atoms with E-state index in [-0.39, 0.29) is 23.7 Å². The number of carbonyl (C=O) groups is 2. The van der Waals surface area contributed by atoms with Crippen LogP contribution in [0.5, 0.6) is 0 Å². The summed E-state index contributed by atoms with van der Waals surface area (Å²) in [7, 11) is 0. The first-order chi connectivity index (χ1) is 15.6. The molecule has 1 aliphatic heterocycles. The van der Waals surface area contributed by atoms with Crippen molar-refractivity contribution in [2.75, 3.05) is 29.9 Å². The Balaban J connectivity index is 1.58. The molecule has 9 nitrogen and oxygen atoms in total. The number of halogens is 3. The lowest BCUT2D eigenvalue weighted by molar-refractivity contribution is -0.385. The van der Waals surface area contributed by atoms with E-state index in [1.54, 1.807) is 6.92 Å². The SMILES string of the molecule is Cc1ccc(NC(=O)COC(=O)C2CCCN(c3ncccc3C(F)(F)F)C2)cc1[N+](=O)[O-]. The number of alkyl halides is 3. The first kappa shape index (κ1) is 24.0. The first-order valence-electron chi connectivity index (χ1n) is 10.0. The zero-order chi connectivity index (χ0) is 24.2. The van der Waals surface area contributed by atoms with E-state index in [9.17, 15) is 32.9 Å². The fraction of sp³-hybridized carbons (Fsp3) is 0.381. The maximum atomic E-state index is 13.3. The summed E-state index contributed by atoms with van der Waals surface area (Å²) in [6.07, 6.45) is -2.48. The van der Waals surface area contributed by atoms with Crippen molar-refractivity contribution in [1.29, 1.82) is 0 Å². The van der Waals surface area contributed by atoms with Gasteiger partial charge in [-0.05, 0) is 38.0 Å². The smallest absolute Gasteiger partial charge is 0.419 e. The number of ether oxygens (including phenoxy) is 1. The van der Waals surface area contributed by atoms with E-state index in [0.29, 0.717) is 24.9 Å². The third-order valence-corrected chi connectivity index (χ3v) is 5.18. The Labute approximate surface area is 186 Å². The number of nitro groups is 1. The molecule has 1 atom stereocenters. The number of amides is 1. The molecule has 0 aliphatic carbocycles. The van der Waals surface area contributed by atoms with Crippen molar-refractivity contribution in [3.63, 3.8) is 0 Å². The lowest BCUT2D eigenvalue weighted by Gasteiger charge is -2.33. The summed E-state index contributed by atoms with van der Waals surface area (Å²) in [5.74, 6) is -2.39. The Morgan fingerprint density at radius 3 is 2.79 bits per heavy atom. The lowest BCUT2D eigenvalue weighted by atomic mass is 9.98. The van der Waals surface area contributed by atoms with E-state index >= 15 is 0 Å². The maximum Gasteiger partial charge on any atom is 0.419 e. The largest absolute Gasteiger partial charge is 0.455 e. The maximum absolute atomic E-state index is 13.3. The van der Waals surface area contributed by atoms with Crippen LogP contribution in [0, 0.1) is 23.0 Å². The molecule has 1 aromatic carbocycles. The summed E-state index contributed by atoms with van der Waals surface area (Å²) >= 11 is 0.